The Labute approximate surface area is 166 Å². The van der Waals surface area contributed by atoms with Gasteiger partial charge in [-0.25, -0.2) is 0 Å². The van der Waals surface area contributed by atoms with Crippen LogP contribution in [0.15, 0.2) is 42.5 Å². The number of hydrogen-bond donors (Lipinski definition) is 0. The molecule has 2 aromatic carbocycles. The van der Waals surface area contributed by atoms with Crippen LogP contribution in [0.4, 0.5) is 5.69 Å². The molecule has 2 aromatic rings. The first-order valence-electron chi connectivity index (χ1n) is 8.24. The lowest BCUT2D eigenvalue weighted by molar-refractivity contribution is -0.385. The average molecular weight is 401 g/mol. The second-order valence-corrected chi connectivity index (χ2v) is 7.47. The quantitative estimate of drug-likeness (QED) is 0.292. The van der Waals surface area contributed by atoms with Crippen molar-refractivity contribution in [3.63, 3.8) is 0 Å². The van der Waals surface area contributed by atoms with Crippen molar-refractivity contribution in [3.05, 3.63) is 63.2 Å². The summed E-state index contributed by atoms with van der Waals surface area (Å²) in [5.74, 6) is -2.61. The van der Waals surface area contributed by atoms with Crippen molar-refractivity contribution >= 4 is 28.9 Å². The standard InChI is InChI=1S/C20H17ClN2O5/c1-20(2,3)19(25)16(11-22)18(24)15-9-8-14(10-17(15)23(26)27)28-13-6-4-12(21)5-7-13/h4-10,16H,1-3H3. The summed E-state index contributed by atoms with van der Waals surface area (Å²) in [7, 11) is 0. The van der Waals surface area contributed by atoms with Gasteiger partial charge in [0.2, 0.25) is 0 Å². The number of nitrogens with zero attached hydrogens (tertiary/aromatic N) is 2. The molecule has 0 spiro atoms. The zero-order chi connectivity index (χ0) is 21.1. The van der Waals surface area contributed by atoms with Crippen LogP contribution in [-0.4, -0.2) is 16.5 Å². The number of ether oxygens (including phenoxy) is 1. The van der Waals surface area contributed by atoms with Crippen LogP contribution in [-0.2, 0) is 4.79 Å². The third-order valence-electron chi connectivity index (χ3n) is 3.87. The van der Waals surface area contributed by atoms with E-state index in [0.717, 1.165) is 6.07 Å². The molecule has 7 nitrogen and oxygen atoms in total. The van der Waals surface area contributed by atoms with Crippen LogP contribution in [0, 0.1) is 32.8 Å². The maximum Gasteiger partial charge on any atom is 0.283 e. The minimum atomic E-state index is -1.62. The molecule has 0 aliphatic rings. The minimum absolute atomic E-state index is 0.126. The number of hydrogen-bond acceptors (Lipinski definition) is 6. The van der Waals surface area contributed by atoms with E-state index >= 15 is 0 Å². The van der Waals surface area contributed by atoms with E-state index in [2.05, 4.69) is 0 Å². The molecule has 144 valence electrons. The zero-order valence-corrected chi connectivity index (χ0v) is 16.2. The highest BCUT2D eigenvalue weighted by Crippen LogP contribution is 2.31. The molecule has 0 saturated carbocycles. The summed E-state index contributed by atoms with van der Waals surface area (Å²) < 4.78 is 5.54. The van der Waals surface area contributed by atoms with E-state index in [0.29, 0.717) is 10.8 Å². The Morgan fingerprint density at radius 2 is 1.71 bits per heavy atom. The smallest absolute Gasteiger partial charge is 0.283 e. The van der Waals surface area contributed by atoms with Gasteiger partial charge in [-0.1, -0.05) is 32.4 Å². The first-order valence-corrected chi connectivity index (χ1v) is 8.62. The number of halogens is 1. The summed E-state index contributed by atoms with van der Waals surface area (Å²) in [6, 6.07) is 11.7. The van der Waals surface area contributed by atoms with Crippen LogP contribution in [0.1, 0.15) is 31.1 Å². The first-order chi connectivity index (χ1) is 13.0. The van der Waals surface area contributed by atoms with Crippen LogP contribution >= 0.6 is 11.6 Å². The molecule has 0 aromatic heterocycles. The predicted octanol–water partition coefficient (Wildman–Crippen LogP) is 4.98. The number of nitro groups is 1. The molecule has 0 fully saturated rings. The monoisotopic (exact) mass is 400 g/mol. The molecule has 8 heteroatoms. The van der Waals surface area contributed by atoms with E-state index in [-0.39, 0.29) is 11.3 Å². The van der Waals surface area contributed by atoms with Crippen molar-refractivity contribution in [3.8, 4) is 17.6 Å². The number of nitriles is 1. The van der Waals surface area contributed by atoms with Gasteiger partial charge in [-0.15, -0.1) is 0 Å². The van der Waals surface area contributed by atoms with Gasteiger partial charge < -0.3 is 4.74 Å². The highest BCUT2D eigenvalue weighted by molar-refractivity contribution is 6.30. The molecule has 0 radical (unpaired) electrons. The summed E-state index contributed by atoms with van der Waals surface area (Å²) in [5, 5.41) is 21.3. The van der Waals surface area contributed by atoms with Gasteiger partial charge in [-0.2, -0.15) is 5.26 Å². The molecule has 1 unspecified atom stereocenters. The van der Waals surface area contributed by atoms with Gasteiger partial charge in [0.1, 0.15) is 11.5 Å². The van der Waals surface area contributed by atoms with E-state index in [1.165, 1.54) is 12.1 Å². The van der Waals surface area contributed by atoms with Crippen molar-refractivity contribution in [1.82, 2.24) is 0 Å². The summed E-state index contributed by atoms with van der Waals surface area (Å²) in [4.78, 5) is 35.8. The van der Waals surface area contributed by atoms with Crippen molar-refractivity contribution in [2.75, 3.05) is 0 Å². The van der Waals surface area contributed by atoms with E-state index < -0.39 is 33.5 Å². The molecule has 0 saturated heterocycles. The lowest BCUT2D eigenvalue weighted by Crippen LogP contribution is -2.33. The predicted molar refractivity (Wildman–Crippen MR) is 103 cm³/mol. The number of carbonyl (C=O) groups excluding carboxylic acids is 2. The molecule has 0 amide bonds. The van der Waals surface area contributed by atoms with Crippen LogP contribution in [0.3, 0.4) is 0 Å². The normalized spacial score (nSPS) is 12.0. The molecule has 0 bridgehead atoms. The minimum Gasteiger partial charge on any atom is -0.457 e. The second kappa shape index (κ2) is 8.19. The number of rotatable bonds is 6. The summed E-state index contributed by atoms with van der Waals surface area (Å²) in [5.41, 5.74) is -1.81. The van der Waals surface area contributed by atoms with Crippen LogP contribution in [0.5, 0.6) is 11.5 Å². The van der Waals surface area contributed by atoms with Crippen LogP contribution in [0.2, 0.25) is 5.02 Å². The largest absolute Gasteiger partial charge is 0.457 e. The average Bonchev–Trinajstić information content (AvgIpc) is 2.63. The van der Waals surface area contributed by atoms with Gasteiger partial charge in [0.25, 0.3) is 5.69 Å². The number of ketones is 2. The molecular weight excluding hydrogens is 384 g/mol. The molecule has 0 heterocycles. The molecule has 2 rings (SSSR count). The molecule has 0 aliphatic carbocycles. The van der Waals surface area contributed by atoms with Gasteiger partial charge in [0.05, 0.1) is 22.6 Å². The first kappa shape index (κ1) is 21.1. The van der Waals surface area contributed by atoms with Crippen molar-refractivity contribution in [2.24, 2.45) is 11.3 Å². The number of nitro benzene ring substituents is 1. The van der Waals surface area contributed by atoms with Gasteiger partial charge in [-0.3, -0.25) is 19.7 Å². The third-order valence-corrected chi connectivity index (χ3v) is 4.13. The Morgan fingerprint density at radius 3 is 2.21 bits per heavy atom. The highest BCUT2D eigenvalue weighted by Gasteiger charge is 2.37. The van der Waals surface area contributed by atoms with Gasteiger partial charge >= 0.3 is 0 Å². The Bertz CT molecular complexity index is 972. The van der Waals surface area contributed by atoms with Crippen molar-refractivity contribution in [1.29, 1.82) is 5.26 Å². The maximum atomic E-state index is 12.7. The third kappa shape index (κ3) is 4.72. The molecule has 0 aliphatic heterocycles. The van der Waals surface area contributed by atoms with E-state index in [4.69, 9.17) is 16.3 Å². The Morgan fingerprint density at radius 1 is 1.14 bits per heavy atom. The molecule has 28 heavy (non-hydrogen) atoms. The topological polar surface area (TPSA) is 110 Å². The second-order valence-electron chi connectivity index (χ2n) is 7.03. The summed E-state index contributed by atoms with van der Waals surface area (Å²) >= 11 is 5.80. The summed E-state index contributed by atoms with van der Waals surface area (Å²) in [6.45, 7) is 4.72. The van der Waals surface area contributed by atoms with Crippen LogP contribution in [0.25, 0.3) is 0 Å². The van der Waals surface area contributed by atoms with Crippen LogP contribution < -0.4 is 4.74 Å². The number of Topliss-reactive ketones (excluding diaryl/α,β-unsaturated/α-hetero) is 2. The fraction of sp³-hybridized carbons (Fsp3) is 0.250. The zero-order valence-electron chi connectivity index (χ0n) is 15.4. The fourth-order valence-corrected chi connectivity index (χ4v) is 2.52. The van der Waals surface area contributed by atoms with E-state index in [1.54, 1.807) is 51.1 Å². The Kier molecular flexibility index (Phi) is 6.16. The van der Waals surface area contributed by atoms with Gasteiger partial charge in [0, 0.05) is 10.4 Å². The molecular formula is C20H17ClN2O5. The van der Waals surface area contributed by atoms with E-state index in [9.17, 15) is 25.0 Å². The molecule has 0 N–H and O–H groups in total. The number of carbonyl (C=O) groups is 2. The Hall–Kier alpha value is -3.24. The summed E-state index contributed by atoms with van der Waals surface area (Å²) in [6.07, 6.45) is 0. The van der Waals surface area contributed by atoms with Crippen molar-refractivity contribution < 1.29 is 19.2 Å². The fourth-order valence-electron chi connectivity index (χ4n) is 2.40. The number of benzene rings is 2. The van der Waals surface area contributed by atoms with E-state index in [1.807, 2.05) is 0 Å². The lowest BCUT2D eigenvalue weighted by atomic mass is 9.80. The maximum absolute atomic E-state index is 12.7. The highest BCUT2D eigenvalue weighted by atomic mass is 35.5. The molecule has 1 atom stereocenters. The van der Waals surface area contributed by atoms with Gasteiger partial charge in [-0.05, 0) is 36.4 Å². The SMILES string of the molecule is CC(C)(C)C(=O)C(C#N)C(=O)c1ccc(Oc2ccc(Cl)cc2)cc1[N+](=O)[O-]. The Balaban J connectivity index is 2.40. The lowest BCUT2D eigenvalue weighted by Gasteiger charge is -2.19. The van der Waals surface area contributed by atoms with Gasteiger partial charge in [0.15, 0.2) is 17.5 Å². The van der Waals surface area contributed by atoms with Crippen molar-refractivity contribution in [2.45, 2.75) is 20.8 Å².